The standard InChI is InChI=1S/C13H16N4O3.ClH/c14-10-5-2-1-4-9(10)12(19)15-6-3-7-17-11(18)8-16-13(17)20;/h1-2,4-5H,3,6-8,14H2,(H,15,19)(H,16,20);1H. The Balaban J connectivity index is 0.00000220. The topological polar surface area (TPSA) is 105 Å². The van der Waals surface area contributed by atoms with Crippen molar-refractivity contribution in [3.8, 4) is 0 Å². The van der Waals surface area contributed by atoms with E-state index in [9.17, 15) is 14.4 Å². The number of nitrogens with one attached hydrogen (secondary N) is 2. The number of carbonyl (C=O) groups excluding carboxylic acids is 3. The monoisotopic (exact) mass is 312 g/mol. The number of rotatable bonds is 5. The van der Waals surface area contributed by atoms with E-state index in [-0.39, 0.29) is 43.3 Å². The number of nitrogens with zero attached hydrogens (tertiary/aromatic N) is 1. The van der Waals surface area contributed by atoms with Gasteiger partial charge in [-0.3, -0.25) is 14.5 Å². The van der Waals surface area contributed by atoms with Crippen LogP contribution in [0.4, 0.5) is 10.5 Å². The summed E-state index contributed by atoms with van der Waals surface area (Å²) in [5, 5.41) is 5.14. The van der Waals surface area contributed by atoms with Gasteiger partial charge in [-0.05, 0) is 18.6 Å². The van der Waals surface area contributed by atoms with Gasteiger partial charge >= 0.3 is 6.03 Å². The second-order valence-corrected chi connectivity index (χ2v) is 4.40. The van der Waals surface area contributed by atoms with Crippen molar-refractivity contribution in [2.75, 3.05) is 25.4 Å². The van der Waals surface area contributed by atoms with Crippen LogP contribution in [0.15, 0.2) is 24.3 Å². The summed E-state index contributed by atoms with van der Waals surface area (Å²) < 4.78 is 0. The van der Waals surface area contributed by atoms with Crippen LogP contribution in [-0.2, 0) is 4.79 Å². The molecule has 1 heterocycles. The Kier molecular flexibility index (Phi) is 5.98. The van der Waals surface area contributed by atoms with E-state index in [1.54, 1.807) is 24.3 Å². The summed E-state index contributed by atoms with van der Waals surface area (Å²) in [6.45, 7) is 0.700. The number of hydrogen-bond acceptors (Lipinski definition) is 4. The highest BCUT2D eigenvalue weighted by molar-refractivity contribution is 6.02. The molecule has 0 aliphatic carbocycles. The number of benzene rings is 1. The molecule has 2 rings (SSSR count). The minimum Gasteiger partial charge on any atom is -0.398 e. The molecule has 1 fully saturated rings. The molecule has 4 N–H and O–H groups in total. The van der Waals surface area contributed by atoms with Crippen LogP contribution in [0.2, 0.25) is 0 Å². The maximum absolute atomic E-state index is 11.8. The molecule has 114 valence electrons. The summed E-state index contributed by atoms with van der Waals surface area (Å²) >= 11 is 0. The highest BCUT2D eigenvalue weighted by atomic mass is 35.5. The first-order valence-corrected chi connectivity index (χ1v) is 6.30. The molecule has 0 saturated carbocycles. The Morgan fingerprint density at radius 2 is 2.05 bits per heavy atom. The van der Waals surface area contributed by atoms with Gasteiger partial charge in [0.25, 0.3) is 5.91 Å². The van der Waals surface area contributed by atoms with Crippen molar-refractivity contribution in [3.05, 3.63) is 29.8 Å². The van der Waals surface area contributed by atoms with Gasteiger partial charge in [-0.25, -0.2) is 4.79 Å². The van der Waals surface area contributed by atoms with E-state index in [1.807, 2.05) is 0 Å². The third-order valence-corrected chi connectivity index (χ3v) is 2.99. The van der Waals surface area contributed by atoms with Gasteiger partial charge in [-0.1, -0.05) is 12.1 Å². The van der Waals surface area contributed by atoms with Crippen LogP contribution in [0.25, 0.3) is 0 Å². The molecule has 1 aliphatic heterocycles. The lowest BCUT2D eigenvalue weighted by Gasteiger charge is -2.12. The Labute approximate surface area is 128 Å². The first-order valence-electron chi connectivity index (χ1n) is 6.30. The van der Waals surface area contributed by atoms with Crippen LogP contribution in [0.1, 0.15) is 16.8 Å². The minimum atomic E-state index is -0.381. The maximum atomic E-state index is 11.8. The lowest BCUT2D eigenvalue weighted by atomic mass is 10.1. The predicted molar refractivity (Wildman–Crippen MR) is 80.2 cm³/mol. The number of amides is 4. The van der Waals surface area contributed by atoms with Crippen LogP contribution >= 0.6 is 12.4 Å². The van der Waals surface area contributed by atoms with E-state index in [2.05, 4.69) is 10.6 Å². The first-order chi connectivity index (χ1) is 9.59. The molecular formula is C13H17ClN4O3. The summed E-state index contributed by atoms with van der Waals surface area (Å²) in [4.78, 5) is 35.6. The number of anilines is 1. The second-order valence-electron chi connectivity index (χ2n) is 4.40. The molecule has 7 nitrogen and oxygen atoms in total. The summed E-state index contributed by atoms with van der Waals surface area (Å²) in [7, 11) is 0. The van der Waals surface area contributed by atoms with E-state index in [4.69, 9.17) is 5.73 Å². The Morgan fingerprint density at radius 1 is 1.33 bits per heavy atom. The maximum Gasteiger partial charge on any atom is 0.324 e. The van der Waals surface area contributed by atoms with Gasteiger partial charge in [0.15, 0.2) is 0 Å². The molecular weight excluding hydrogens is 296 g/mol. The molecule has 0 spiro atoms. The van der Waals surface area contributed by atoms with Crippen molar-refractivity contribution in [2.24, 2.45) is 0 Å². The smallest absolute Gasteiger partial charge is 0.324 e. The van der Waals surface area contributed by atoms with E-state index in [0.29, 0.717) is 24.2 Å². The van der Waals surface area contributed by atoms with Gasteiger partial charge < -0.3 is 16.4 Å². The van der Waals surface area contributed by atoms with Gasteiger partial charge in [0.1, 0.15) is 0 Å². The third-order valence-electron chi connectivity index (χ3n) is 2.99. The Hall–Kier alpha value is -2.28. The number of para-hydroxylation sites is 1. The molecule has 4 amide bonds. The van der Waals surface area contributed by atoms with Crippen LogP contribution in [0.5, 0.6) is 0 Å². The van der Waals surface area contributed by atoms with Crippen LogP contribution in [-0.4, -0.2) is 42.4 Å². The summed E-state index contributed by atoms with van der Waals surface area (Å²) in [6, 6.07) is 6.40. The molecule has 8 heteroatoms. The van der Waals surface area contributed by atoms with Gasteiger partial charge in [0.05, 0.1) is 12.1 Å². The third kappa shape index (κ3) is 4.09. The first kappa shape index (κ1) is 16.8. The fraction of sp³-hybridized carbons (Fsp3) is 0.308. The molecule has 0 unspecified atom stereocenters. The fourth-order valence-corrected chi connectivity index (χ4v) is 1.92. The average molecular weight is 313 g/mol. The molecule has 0 bridgehead atoms. The number of imide groups is 1. The summed E-state index contributed by atoms with van der Waals surface area (Å²) in [5.41, 5.74) is 6.53. The van der Waals surface area contributed by atoms with Crippen molar-refractivity contribution in [1.82, 2.24) is 15.5 Å². The summed E-state index contributed by atoms with van der Waals surface area (Å²) in [5.74, 6) is -0.506. The van der Waals surface area contributed by atoms with E-state index in [0.717, 1.165) is 4.90 Å². The van der Waals surface area contributed by atoms with Crippen molar-refractivity contribution in [1.29, 1.82) is 0 Å². The van der Waals surface area contributed by atoms with Crippen molar-refractivity contribution < 1.29 is 14.4 Å². The van der Waals surface area contributed by atoms with Gasteiger partial charge in [-0.15, -0.1) is 12.4 Å². The van der Waals surface area contributed by atoms with Crippen LogP contribution in [0.3, 0.4) is 0 Å². The number of nitrogen functional groups attached to an aromatic ring is 1. The minimum absolute atomic E-state index is 0. The highest BCUT2D eigenvalue weighted by Gasteiger charge is 2.27. The number of nitrogens with two attached hydrogens (primary N) is 1. The Morgan fingerprint density at radius 3 is 2.67 bits per heavy atom. The van der Waals surface area contributed by atoms with E-state index in [1.165, 1.54) is 0 Å². The molecule has 1 aromatic rings. The zero-order chi connectivity index (χ0) is 14.5. The molecule has 1 aliphatic rings. The number of hydrogen-bond donors (Lipinski definition) is 3. The van der Waals surface area contributed by atoms with Crippen LogP contribution in [0, 0.1) is 0 Å². The molecule has 0 radical (unpaired) electrons. The normalized spacial score (nSPS) is 13.6. The van der Waals surface area contributed by atoms with Gasteiger partial charge in [-0.2, -0.15) is 0 Å². The van der Waals surface area contributed by atoms with Gasteiger partial charge in [0.2, 0.25) is 5.91 Å². The molecule has 21 heavy (non-hydrogen) atoms. The zero-order valence-electron chi connectivity index (χ0n) is 11.3. The molecule has 1 aromatic carbocycles. The largest absolute Gasteiger partial charge is 0.398 e. The SMILES string of the molecule is Cl.Nc1ccccc1C(=O)NCCCN1C(=O)CNC1=O. The quantitative estimate of drug-likeness (QED) is 0.415. The summed E-state index contributed by atoms with van der Waals surface area (Å²) in [6.07, 6.45) is 0.498. The van der Waals surface area contributed by atoms with Crippen molar-refractivity contribution in [2.45, 2.75) is 6.42 Å². The molecule has 1 saturated heterocycles. The van der Waals surface area contributed by atoms with Gasteiger partial charge in [0, 0.05) is 18.8 Å². The Bertz CT molecular complexity index is 534. The number of carbonyl (C=O) groups is 3. The van der Waals surface area contributed by atoms with Crippen LogP contribution < -0.4 is 16.4 Å². The van der Waals surface area contributed by atoms with E-state index < -0.39 is 0 Å². The van der Waals surface area contributed by atoms with Crippen molar-refractivity contribution >= 4 is 35.9 Å². The highest BCUT2D eigenvalue weighted by Crippen LogP contribution is 2.09. The lowest BCUT2D eigenvalue weighted by Crippen LogP contribution is -2.34. The second kappa shape index (κ2) is 7.49. The van der Waals surface area contributed by atoms with E-state index >= 15 is 0 Å². The predicted octanol–water partition coefficient (Wildman–Crippen LogP) is 0.362. The molecule has 0 aromatic heterocycles. The molecule has 0 atom stereocenters. The number of urea groups is 1. The number of halogens is 1. The lowest BCUT2D eigenvalue weighted by molar-refractivity contribution is -0.125. The zero-order valence-corrected chi connectivity index (χ0v) is 12.1. The average Bonchev–Trinajstić information content (AvgIpc) is 2.75. The fourth-order valence-electron chi connectivity index (χ4n) is 1.92. The van der Waals surface area contributed by atoms with Crippen molar-refractivity contribution in [3.63, 3.8) is 0 Å².